The standard InChI is InChI=1S/C15H17ClN4O/c16-11-6-8-13(9-7-11)20-10-17-14(19-20)15(21)18-12-4-2-1-3-5-12/h6-10,12H,1-5H2,(H,18,21). The van der Waals surface area contributed by atoms with Crippen molar-refractivity contribution in [2.45, 2.75) is 38.1 Å². The van der Waals surface area contributed by atoms with E-state index in [1.807, 2.05) is 12.1 Å². The van der Waals surface area contributed by atoms with Gasteiger partial charge in [0.25, 0.3) is 5.91 Å². The molecule has 2 aromatic rings. The fourth-order valence-corrected chi connectivity index (χ4v) is 2.71. The average molecular weight is 305 g/mol. The van der Waals surface area contributed by atoms with Crippen LogP contribution in [-0.2, 0) is 0 Å². The molecule has 5 nitrogen and oxygen atoms in total. The number of nitrogens with zero attached hydrogens (tertiary/aromatic N) is 3. The second-order valence-corrected chi connectivity index (χ2v) is 5.73. The Kier molecular flexibility index (Phi) is 4.20. The van der Waals surface area contributed by atoms with Crippen molar-refractivity contribution in [1.82, 2.24) is 20.1 Å². The van der Waals surface area contributed by atoms with Crippen LogP contribution >= 0.6 is 11.6 Å². The normalized spacial score (nSPS) is 15.9. The Morgan fingerprint density at radius 1 is 1.19 bits per heavy atom. The van der Waals surface area contributed by atoms with Crippen LogP contribution in [0.15, 0.2) is 30.6 Å². The van der Waals surface area contributed by atoms with Gasteiger partial charge < -0.3 is 5.32 Å². The molecule has 6 heteroatoms. The molecule has 1 aromatic carbocycles. The predicted octanol–water partition coefficient (Wildman–Crippen LogP) is 2.98. The molecule has 1 aliphatic rings. The Bertz CT molecular complexity index is 617. The minimum absolute atomic E-state index is 0.199. The van der Waals surface area contributed by atoms with Gasteiger partial charge in [0.05, 0.1) is 5.69 Å². The summed E-state index contributed by atoms with van der Waals surface area (Å²) < 4.78 is 1.58. The first-order valence-corrected chi connectivity index (χ1v) is 7.58. The van der Waals surface area contributed by atoms with Gasteiger partial charge in [0.15, 0.2) is 0 Å². The van der Waals surface area contributed by atoms with Crippen molar-refractivity contribution in [2.24, 2.45) is 0 Å². The smallest absolute Gasteiger partial charge is 0.291 e. The van der Waals surface area contributed by atoms with Gasteiger partial charge in [0, 0.05) is 11.1 Å². The van der Waals surface area contributed by atoms with Crippen LogP contribution in [0, 0.1) is 0 Å². The van der Waals surface area contributed by atoms with Crippen molar-refractivity contribution in [3.63, 3.8) is 0 Å². The summed E-state index contributed by atoms with van der Waals surface area (Å²) in [5.74, 6) is 0.00476. The van der Waals surface area contributed by atoms with Gasteiger partial charge in [0.2, 0.25) is 5.82 Å². The molecular formula is C15H17ClN4O. The lowest BCUT2D eigenvalue weighted by molar-refractivity contribution is 0.0917. The number of carbonyl (C=O) groups is 1. The highest BCUT2D eigenvalue weighted by molar-refractivity contribution is 6.30. The third-order valence-corrected chi connectivity index (χ3v) is 3.98. The maximum absolute atomic E-state index is 12.1. The molecule has 0 radical (unpaired) electrons. The number of aromatic nitrogens is 3. The van der Waals surface area contributed by atoms with Gasteiger partial charge in [-0.05, 0) is 37.1 Å². The summed E-state index contributed by atoms with van der Waals surface area (Å²) in [5.41, 5.74) is 0.823. The van der Waals surface area contributed by atoms with Crippen molar-refractivity contribution in [2.75, 3.05) is 0 Å². The lowest BCUT2D eigenvalue weighted by Gasteiger charge is -2.21. The van der Waals surface area contributed by atoms with Crippen molar-refractivity contribution in [3.05, 3.63) is 41.4 Å². The lowest BCUT2D eigenvalue weighted by atomic mass is 9.95. The lowest BCUT2D eigenvalue weighted by Crippen LogP contribution is -2.36. The van der Waals surface area contributed by atoms with E-state index in [-0.39, 0.29) is 17.8 Å². The van der Waals surface area contributed by atoms with Crippen LogP contribution in [0.25, 0.3) is 5.69 Å². The molecule has 0 atom stereocenters. The van der Waals surface area contributed by atoms with E-state index in [9.17, 15) is 4.79 Å². The Morgan fingerprint density at radius 2 is 1.90 bits per heavy atom. The first kappa shape index (κ1) is 14.1. The Hall–Kier alpha value is -1.88. The molecule has 1 fully saturated rings. The predicted molar refractivity (Wildman–Crippen MR) is 80.7 cm³/mol. The fraction of sp³-hybridized carbons (Fsp3) is 0.400. The summed E-state index contributed by atoms with van der Waals surface area (Å²) in [6.07, 6.45) is 7.25. The molecule has 0 aliphatic heterocycles. The number of amides is 1. The zero-order chi connectivity index (χ0) is 14.7. The second kappa shape index (κ2) is 6.26. The van der Waals surface area contributed by atoms with Crippen LogP contribution in [0.3, 0.4) is 0 Å². The third-order valence-electron chi connectivity index (χ3n) is 3.73. The molecule has 1 saturated carbocycles. The van der Waals surface area contributed by atoms with Gasteiger partial charge in [-0.15, -0.1) is 5.10 Å². The molecule has 1 amide bonds. The number of hydrogen-bond donors (Lipinski definition) is 1. The summed E-state index contributed by atoms with van der Waals surface area (Å²) in [6, 6.07) is 7.48. The van der Waals surface area contributed by atoms with E-state index >= 15 is 0 Å². The van der Waals surface area contributed by atoms with Crippen LogP contribution in [0.4, 0.5) is 0 Å². The van der Waals surface area contributed by atoms with E-state index < -0.39 is 0 Å². The SMILES string of the molecule is O=C(NC1CCCCC1)c1ncn(-c2ccc(Cl)cc2)n1. The largest absolute Gasteiger partial charge is 0.347 e. The van der Waals surface area contributed by atoms with Gasteiger partial charge in [-0.1, -0.05) is 30.9 Å². The molecular weight excluding hydrogens is 288 g/mol. The highest BCUT2D eigenvalue weighted by Gasteiger charge is 2.19. The zero-order valence-corrected chi connectivity index (χ0v) is 12.4. The Morgan fingerprint density at radius 3 is 2.62 bits per heavy atom. The molecule has 21 heavy (non-hydrogen) atoms. The van der Waals surface area contributed by atoms with Crippen LogP contribution in [0.5, 0.6) is 0 Å². The van der Waals surface area contributed by atoms with Crippen LogP contribution in [0.1, 0.15) is 42.7 Å². The fourth-order valence-electron chi connectivity index (χ4n) is 2.58. The molecule has 0 bridgehead atoms. The quantitative estimate of drug-likeness (QED) is 0.948. The number of nitrogens with one attached hydrogen (secondary N) is 1. The molecule has 3 rings (SSSR count). The molecule has 1 aromatic heterocycles. The van der Waals surface area contributed by atoms with Gasteiger partial charge in [0.1, 0.15) is 6.33 Å². The first-order chi connectivity index (χ1) is 10.2. The molecule has 0 unspecified atom stereocenters. The van der Waals surface area contributed by atoms with Gasteiger partial charge in [-0.3, -0.25) is 4.79 Å². The van der Waals surface area contributed by atoms with E-state index in [0.717, 1.165) is 18.5 Å². The summed E-state index contributed by atoms with van der Waals surface area (Å²) in [5, 5.41) is 7.90. The van der Waals surface area contributed by atoms with E-state index in [1.54, 1.807) is 23.1 Å². The van der Waals surface area contributed by atoms with E-state index in [0.29, 0.717) is 5.02 Å². The van der Waals surface area contributed by atoms with Crippen molar-refractivity contribution < 1.29 is 4.79 Å². The minimum atomic E-state index is -0.199. The number of halogens is 1. The summed E-state index contributed by atoms with van der Waals surface area (Å²) in [7, 11) is 0. The monoisotopic (exact) mass is 304 g/mol. The Balaban J connectivity index is 1.69. The first-order valence-electron chi connectivity index (χ1n) is 7.21. The molecule has 110 valence electrons. The molecule has 1 N–H and O–H groups in total. The maximum atomic E-state index is 12.1. The van der Waals surface area contributed by atoms with E-state index in [1.165, 1.54) is 19.3 Å². The highest BCUT2D eigenvalue weighted by Crippen LogP contribution is 2.17. The van der Waals surface area contributed by atoms with Crippen molar-refractivity contribution in [3.8, 4) is 5.69 Å². The van der Waals surface area contributed by atoms with Crippen molar-refractivity contribution >= 4 is 17.5 Å². The number of hydrogen-bond acceptors (Lipinski definition) is 3. The Labute approximate surface area is 128 Å². The van der Waals surface area contributed by atoms with Crippen LogP contribution in [0.2, 0.25) is 5.02 Å². The van der Waals surface area contributed by atoms with E-state index in [2.05, 4.69) is 15.4 Å². The van der Waals surface area contributed by atoms with E-state index in [4.69, 9.17) is 11.6 Å². The van der Waals surface area contributed by atoms with Crippen LogP contribution < -0.4 is 5.32 Å². The molecule has 0 saturated heterocycles. The van der Waals surface area contributed by atoms with Gasteiger partial charge in [-0.2, -0.15) is 0 Å². The zero-order valence-electron chi connectivity index (χ0n) is 11.6. The van der Waals surface area contributed by atoms with Crippen molar-refractivity contribution in [1.29, 1.82) is 0 Å². The minimum Gasteiger partial charge on any atom is -0.347 e. The topological polar surface area (TPSA) is 59.8 Å². The van der Waals surface area contributed by atoms with Crippen LogP contribution in [-0.4, -0.2) is 26.7 Å². The second-order valence-electron chi connectivity index (χ2n) is 5.30. The maximum Gasteiger partial charge on any atom is 0.291 e. The summed E-state index contributed by atoms with van der Waals surface area (Å²) >= 11 is 5.85. The van der Waals surface area contributed by atoms with Gasteiger partial charge >= 0.3 is 0 Å². The highest BCUT2D eigenvalue weighted by atomic mass is 35.5. The summed E-state index contributed by atoms with van der Waals surface area (Å²) in [4.78, 5) is 16.2. The number of carbonyl (C=O) groups excluding carboxylic acids is 1. The molecule has 1 heterocycles. The number of rotatable bonds is 3. The van der Waals surface area contributed by atoms with Gasteiger partial charge in [-0.25, -0.2) is 9.67 Å². The number of benzene rings is 1. The average Bonchev–Trinajstić information content (AvgIpc) is 2.99. The molecule has 0 spiro atoms. The molecule has 1 aliphatic carbocycles. The third kappa shape index (κ3) is 3.42. The summed E-state index contributed by atoms with van der Waals surface area (Å²) in [6.45, 7) is 0.